The van der Waals surface area contributed by atoms with Crippen LogP contribution in [0.3, 0.4) is 0 Å². The van der Waals surface area contributed by atoms with Gasteiger partial charge in [-0.2, -0.15) is 0 Å². The van der Waals surface area contributed by atoms with Gasteiger partial charge in [0.2, 0.25) is 5.91 Å². The van der Waals surface area contributed by atoms with E-state index in [1.54, 1.807) is 7.11 Å². The van der Waals surface area contributed by atoms with Crippen molar-refractivity contribution < 1.29 is 14.3 Å². The van der Waals surface area contributed by atoms with E-state index in [1.165, 1.54) is 0 Å². The number of carbonyl (C=O) groups is 1. The van der Waals surface area contributed by atoms with Gasteiger partial charge in [0.05, 0.1) is 13.5 Å². The quantitative estimate of drug-likeness (QED) is 0.768. The van der Waals surface area contributed by atoms with Crippen LogP contribution in [0, 0.1) is 0 Å². The molecule has 2 rings (SSSR count). The number of nitrogens with zero attached hydrogens (tertiary/aromatic N) is 2. The average Bonchev–Trinajstić information content (AvgIpc) is 2.56. The number of carbonyl (C=O) groups excluding carboxylic acids is 1. The Morgan fingerprint density at radius 3 is 2.65 bits per heavy atom. The first-order chi connectivity index (χ1) is 11.1. The van der Waals surface area contributed by atoms with Crippen LogP contribution in [0.5, 0.6) is 5.75 Å². The Hall–Kier alpha value is -1.59. The zero-order valence-corrected chi connectivity index (χ0v) is 14.5. The summed E-state index contributed by atoms with van der Waals surface area (Å²) in [6, 6.07) is 8.04. The van der Waals surface area contributed by atoms with Crippen molar-refractivity contribution in [2.45, 2.75) is 25.3 Å². The number of benzene rings is 1. The number of amides is 1. The second kappa shape index (κ2) is 8.89. The van der Waals surface area contributed by atoms with E-state index >= 15 is 0 Å². The molecule has 23 heavy (non-hydrogen) atoms. The molecule has 0 spiro atoms. The van der Waals surface area contributed by atoms with Crippen molar-refractivity contribution in [3.8, 4) is 5.75 Å². The molecule has 5 heteroatoms. The molecule has 1 amide bonds. The van der Waals surface area contributed by atoms with Crippen LogP contribution in [0.15, 0.2) is 24.3 Å². The molecule has 1 heterocycles. The molecule has 1 aromatic carbocycles. The van der Waals surface area contributed by atoms with E-state index in [9.17, 15) is 4.79 Å². The Kier molecular flexibility index (Phi) is 6.86. The van der Waals surface area contributed by atoms with Crippen LogP contribution in [0.2, 0.25) is 0 Å². The number of hydrogen-bond donors (Lipinski definition) is 0. The maximum absolute atomic E-state index is 12.8. The van der Waals surface area contributed by atoms with E-state index in [1.807, 2.05) is 43.3 Å². The number of likely N-dealkylation sites (N-methyl/N-ethyl adjacent to an activating group) is 1. The molecule has 0 radical (unpaired) electrons. The first-order valence-electron chi connectivity index (χ1n) is 8.25. The SMILES string of the molecule is COc1cccc(CC(=O)N(CCN(C)C)C2CCOCC2)c1. The predicted octanol–water partition coefficient (Wildman–Crippen LogP) is 1.81. The summed E-state index contributed by atoms with van der Waals surface area (Å²) in [5.41, 5.74) is 0.997. The van der Waals surface area contributed by atoms with Crippen LogP contribution in [0.25, 0.3) is 0 Å². The van der Waals surface area contributed by atoms with Gasteiger partial charge in [0, 0.05) is 32.3 Å². The highest BCUT2D eigenvalue weighted by atomic mass is 16.5. The lowest BCUT2D eigenvalue weighted by Gasteiger charge is -2.35. The number of hydrogen-bond acceptors (Lipinski definition) is 4. The molecule has 1 aromatic rings. The summed E-state index contributed by atoms with van der Waals surface area (Å²) < 4.78 is 10.7. The maximum atomic E-state index is 12.8. The summed E-state index contributed by atoms with van der Waals surface area (Å²) in [6.07, 6.45) is 2.27. The molecule has 0 N–H and O–H groups in total. The molecular formula is C18H28N2O3. The Labute approximate surface area is 139 Å². The zero-order chi connectivity index (χ0) is 16.7. The zero-order valence-electron chi connectivity index (χ0n) is 14.5. The molecule has 5 nitrogen and oxygen atoms in total. The number of ether oxygens (including phenoxy) is 2. The lowest BCUT2D eigenvalue weighted by atomic mass is 10.0. The van der Waals surface area contributed by atoms with E-state index in [2.05, 4.69) is 4.90 Å². The average molecular weight is 320 g/mol. The normalized spacial score (nSPS) is 15.7. The third-order valence-electron chi connectivity index (χ3n) is 4.23. The van der Waals surface area contributed by atoms with Gasteiger partial charge in [-0.3, -0.25) is 4.79 Å². The predicted molar refractivity (Wildman–Crippen MR) is 90.8 cm³/mol. The highest BCUT2D eigenvalue weighted by Crippen LogP contribution is 2.18. The van der Waals surface area contributed by atoms with Gasteiger partial charge in [-0.05, 0) is 44.6 Å². The molecule has 0 unspecified atom stereocenters. The maximum Gasteiger partial charge on any atom is 0.227 e. The van der Waals surface area contributed by atoms with Crippen LogP contribution in [-0.2, 0) is 16.0 Å². The summed E-state index contributed by atoms with van der Waals surface area (Å²) in [5.74, 6) is 0.980. The monoisotopic (exact) mass is 320 g/mol. The molecule has 1 aliphatic heterocycles. The largest absolute Gasteiger partial charge is 0.497 e. The van der Waals surface area contributed by atoms with E-state index in [0.717, 1.165) is 50.5 Å². The van der Waals surface area contributed by atoms with Crippen molar-refractivity contribution >= 4 is 5.91 Å². The third-order valence-corrected chi connectivity index (χ3v) is 4.23. The highest BCUT2D eigenvalue weighted by molar-refractivity contribution is 5.79. The van der Waals surface area contributed by atoms with Gasteiger partial charge in [-0.15, -0.1) is 0 Å². The summed E-state index contributed by atoms with van der Waals surface area (Å²) in [7, 11) is 5.72. The third kappa shape index (κ3) is 5.52. The van der Waals surface area contributed by atoms with Crippen LogP contribution in [0.4, 0.5) is 0 Å². The van der Waals surface area contributed by atoms with Crippen LogP contribution < -0.4 is 4.74 Å². The molecule has 1 fully saturated rings. The Morgan fingerprint density at radius 1 is 1.26 bits per heavy atom. The molecule has 0 saturated carbocycles. The fraction of sp³-hybridized carbons (Fsp3) is 0.611. The molecule has 1 saturated heterocycles. The van der Waals surface area contributed by atoms with Gasteiger partial charge in [0.1, 0.15) is 5.75 Å². The van der Waals surface area contributed by atoms with Gasteiger partial charge in [0.15, 0.2) is 0 Å². The molecular weight excluding hydrogens is 292 g/mol. The smallest absolute Gasteiger partial charge is 0.227 e. The Balaban J connectivity index is 2.04. The fourth-order valence-corrected chi connectivity index (χ4v) is 2.87. The summed E-state index contributed by atoms with van der Waals surface area (Å²) in [5, 5.41) is 0. The summed E-state index contributed by atoms with van der Waals surface area (Å²) >= 11 is 0. The minimum absolute atomic E-state index is 0.187. The molecule has 1 aliphatic rings. The van der Waals surface area contributed by atoms with E-state index < -0.39 is 0 Å². The summed E-state index contributed by atoms with van der Waals surface area (Å²) in [4.78, 5) is 17.0. The molecule has 128 valence electrons. The van der Waals surface area contributed by atoms with E-state index in [4.69, 9.17) is 9.47 Å². The lowest BCUT2D eigenvalue weighted by Crippen LogP contribution is -2.46. The second-order valence-corrected chi connectivity index (χ2v) is 6.26. The van der Waals surface area contributed by atoms with Crippen molar-refractivity contribution in [3.05, 3.63) is 29.8 Å². The van der Waals surface area contributed by atoms with E-state index in [-0.39, 0.29) is 5.91 Å². The summed E-state index contributed by atoms with van der Waals surface area (Å²) in [6.45, 7) is 3.13. The fourth-order valence-electron chi connectivity index (χ4n) is 2.87. The van der Waals surface area contributed by atoms with Crippen LogP contribution >= 0.6 is 0 Å². The van der Waals surface area contributed by atoms with Crippen LogP contribution in [0.1, 0.15) is 18.4 Å². The van der Waals surface area contributed by atoms with Crippen molar-refractivity contribution in [1.29, 1.82) is 0 Å². The van der Waals surface area contributed by atoms with Crippen molar-refractivity contribution in [2.24, 2.45) is 0 Å². The van der Waals surface area contributed by atoms with Crippen molar-refractivity contribution in [1.82, 2.24) is 9.80 Å². The minimum atomic E-state index is 0.187. The van der Waals surface area contributed by atoms with Gasteiger partial charge in [-0.1, -0.05) is 12.1 Å². The molecule has 0 aromatic heterocycles. The van der Waals surface area contributed by atoms with Gasteiger partial charge >= 0.3 is 0 Å². The van der Waals surface area contributed by atoms with Crippen LogP contribution in [-0.4, -0.2) is 69.3 Å². The Bertz CT molecular complexity index is 499. The van der Waals surface area contributed by atoms with E-state index in [0.29, 0.717) is 12.5 Å². The Morgan fingerprint density at radius 2 is 2.00 bits per heavy atom. The topological polar surface area (TPSA) is 42.0 Å². The second-order valence-electron chi connectivity index (χ2n) is 6.26. The first-order valence-corrected chi connectivity index (χ1v) is 8.25. The molecule has 0 bridgehead atoms. The van der Waals surface area contributed by atoms with Crippen molar-refractivity contribution in [2.75, 3.05) is 47.5 Å². The van der Waals surface area contributed by atoms with Gasteiger partial charge in [-0.25, -0.2) is 0 Å². The number of rotatable bonds is 7. The molecule has 0 aliphatic carbocycles. The lowest BCUT2D eigenvalue weighted by molar-refractivity contribution is -0.134. The highest BCUT2D eigenvalue weighted by Gasteiger charge is 2.25. The van der Waals surface area contributed by atoms with Gasteiger partial charge in [0.25, 0.3) is 0 Å². The standard InChI is InChI=1S/C18H28N2O3/c1-19(2)9-10-20(16-7-11-23-12-8-16)18(21)14-15-5-4-6-17(13-15)22-3/h4-6,13,16H,7-12,14H2,1-3H3. The first kappa shape index (κ1) is 17.8. The minimum Gasteiger partial charge on any atom is -0.497 e. The molecule has 0 atom stereocenters. The number of methoxy groups -OCH3 is 1. The van der Waals surface area contributed by atoms with Gasteiger partial charge < -0.3 is 19.3 Å². The van der Waals surface area contributed by atoms with Crippen molar-refractivity contribution in [3.63, 3.8) is 0 Å².